The molecule has 2 aromatic rings. The summed E-state index contributed by atoms with van der Waals surface area (Å²) in [6.07, 6.45) is 0. The molecule has 0 aliphatic rings. The fourth-order valence-electron chi connectivity index (χ4n) is 1.76. The summed E-state index contributed by atoms with van der Waals surface area (Å²) < 4.78 is 0. The molecule has 0 bridgehead atoms. The Morgan fingerprint density at radius 3 is 2.69 bits per heavy atom. The molecular formula is C14H15NO. The second kappa shape index (κ2) is 4.37. The van der Waals surface area contributed by atoms with Crippen LogP contribution in [0.25, 0.3) is 11.1 Å². The number of nitrogen functional groups attached to an aromatic ring is 1. The molecule has 0 heterocycles. The highest BCUT2D eigenvalue weighted by Crippen LogP contribution is 2.27. The molecule has 2 rings (SSSR count). The topological polar surface area (TPSA) is 46.2 Å². The van der Waals surface area contributed by atoms with Gasteiger partial charge in [-0.25, -0.2) is 0 Å². The standard InChI is InChI=1S/C14H15NO/c1-10-5-6-14(15)13(7-10)12-4-2-3-11(8-12)9-16/h2-8,16H,9,15H2,1H3. The molecule has 82 valence electrons. The van der Waals surface area contributed by atoms with Crippen LogP contribution < -0.4 is 5.73 Å². The van der Waals surface area contributed by atoms with Gasteiger partial charge in [-0.15, -0.1) is 0 Å². The molecule has 0 saturated heterocycles. The van der Waals surface area contributed by atoms with Crippen molar-refractivity contribution >= 4 is 5.69 Å². The van der Waals surface area contributed by atoms with Crippen LogP contribution >= 0.6 is 0 Å². The highest BCUT2D eigenvalue weighted by Gasteiger charge is 2.03. The molecule has 0 unspecified atom stereocenters. The third-order valence-corrected chi connectivity index (χ3v) is 2.63. The van der Waals surface area contributed by atoms with E-state index in [0.717, 1.165) is 22.4 Å². The van der Waals surface area contributed by atoms with Gasteiger partial charge in [0.1, 0.15) is 0 Å². The van der Waals surface area contributed by atoms with Gasteiger partial charge in [-0.05, 0) is 36.2 Å². The van der Waals surface area contributed by atoms with Crippen molar-refractivity contribution in [1.29, 1.82) is 0 Å². The molecule has 0 radical (unpaired) electrons. The van der Waals surface area contributed by atoms with Gasteiger partial charge in [-0.2, -0.15) is 0 Å². The van der Waals surface area contributed by atoms with Crippen LogP contribution in [0.1, 0.15) is 11.1 Å². The molecule has 0 amide bonds. The zero-order chi connectivity index (χ0) is 11.5. The first-order valence-electron chi connectivity index (χ1n) is 5.27. The van der Waals surface area contributed by atoms with Crippen LogP contribution in [0.2, 0.25) is 0 Å². The van der Waals surface area contributed by atoms with E-state index in [1.807, 2.05) is 43.3 Å². The third kappa shape index (κ3) is 2.07. The van der Waals surface area contributed by atoms with Crippen molar-refractivity contribution in [3.63, 3.8) is 0 Å². The number of benzene rings is 2. The summed E-state index contributed by atoms with van der Waals surface area (Å²) >= 11 is 0. The number of aliphatic hydroxyl groups is 1. The molecule has 0 saturated carbocycles. The molecule has 0 aliphatic carbocycles. The van der Waals surface area contributed by atoms with Crippen LogP contribution in [0.15, 0.2) is 42.5 Å². The minimum atomic E-state index is 0.0551. The second-order valence-corrected chi connectivity index (χ2v) is 3.95. The van der Waals surface area contributed by atoms with Gasteiger partial charge in [0.25, 0.3) is 0 Å². The minimum Gasteiger partial charge on any atom is -0.398 e. The van der Waals surface area contributed by atoms with Crippen LogP contribution in [0.5, 0.6) is 0 Å². The van der Waals surface area contributed by atoms with Crippen molar-refractivity contribution < 1.29 is 5.11 Å². The molecule has 0 fully saturated rings. The van der Waals surface area contributed by atoms with Crippen LogP contribution in [0.4, 0.5) is 5.69 Å². The molecule has 0 atom stereocenters. The lowest BCUT2D eigenvalue weighted by molar-refractivity contribution is 0.282. The highest BCUT2D eigenvalue weighted by atomic mass is 16.3. The smallest absolute Gasteiger partial charge is 0.0682 e. The van der Waals surface area contributed by atoms with Crippen LogP contribution in [-0.4, -0.2) is 5.11 Å². The normalized spacial score (nSPS) is 10.4. The van der Waals surface area contributed by atoms with Crippen molar-refractivity contribution in [3.8, 4) is 11.1 Å². The first-order valence-corrected chi connectivity index (χ1v) is 5.27. The van der Waals surface area contributed by atoms with Crippen molar-refractivity contribution in [2.45, 2.75) is 13.5 Å². The third-order valence-electron chi connectivity index (χ3n) is 2.63. The van der Waals surface area contributed by atoms with E-state index in [1.165, 1.54) is 5.56 Å². The van der Waals surface area contributed by atoms with Crippen LogP contribution in [0.3, 0.4) is 0 Å². The van der Waals surface area contributed by atoms with Gasteiger partial charge in [0.15, 0.2) is 0 Å². The average molecular weight is 213 g/mol. The quantitative estimate of drug-likeness (QED) is 0.753. The zero-order valence-electron chi connectivity index (χ0n) is 9.27. The van der Waals surface area contributed by atoms with Gasteiger partial charge in [0.05, 0.1) is 6.61 Å². The molecule has 0 aromatic heterocycles. The lowest BCUT2D eigenvalue weighted by Crippen LogP contribution is -1.91. The maximum atomic E-state index is 9.10. The predicted molar refractivity (Wildman–Crippen MR) is 67.0 cm³/mol. The Morgan fingerprint density at radius 1 is 1.12 bits per heavy atom. The molecule has 0 aliphatic heterocycles. The summed E-state index contributed by atoms with van der Waals surface area (Å²) in [4.78, 5) is 0. The Hall–Kier alpha value is -1.80. The average Bonchev–Trinajstić information content (AvgIpc) is 2.32. The maximum absolute atomic E-state index is 9.10. The van der Waals surface area contributed by atoms with Gasteiger partial charge in [0.2, 0.25) is 0 Å². The van der Waals surface area contributed by atoms with E-state index in [2.05, 4.69) is 6.07 Å². The van der Waals surface area contributed by atoms with E-state index in [4.69, 9.17) is 10.8 Å². The summed E-state index contributed by atoms with van der Waals surface area (Å²) in [7, 11) is 0. The van der Waals surface area contributed by atoms with E-state index in [-0.39, 0.29) is 6.61 Å². The number of rotatable bonds is 2. The van der Waals surface area contributed by atoms with E-state index in [0.29, 0.717) is 0 Å². The second-order valence-electron chi connectivity index (χ2n) is 3.95. The van der Waals surface area contributed by atoms with Gasteiger partial charge in [-0.1, -0.05) is 29.8 Å². The summed E-state index contributed by atoms with van der Waals surface area (Å²) in [5.74, 6) is 0. The Balaban J connectivity index is 2.53. The van der Waals surface area contributed by atoms with Crippen LogP contribution in [0, 0.1) is 6.92 Å². The fourth-order valence-corrected chi connectivity index (χ4v) is 1.76. The molecule has 2 heteroatoms. The van der Waals surface area contributed by atoms with Gasteiger partial charge in [0, 0.05) is 11.3 Å². The van der Waals surface area contributed by atoms with Crippen LogP contribution in [-0.2, 0) is 6.61 Å². The lowest BCUT2D eigenvalue weighted by atomic mass is 10.00. The van der Waals surface area contributed by atoms with Gasteiger partial charge < -0.3 is 10.8 Å². The molecular weight excluding hydrogens is 198 g/mol. The number of hydrogen-bond acceptors (Lipinski definition) is 2. The summed E-state index contributed by atoms with van der Waals surface area (Å²) in [5, 5.41) is 9.10. The Kier molecular flexibility index (Phi) is 2.93. The fraction of sp³-hybridized carbons (Fsp3) is 0.143. The van der Waals surface area contributed by atoms with Crippen molar-refractivity contribution in [3.05, 3.63) is 53.6 Å². The molecule has 2 aromatic carbocycles. The van der Waals surface area contributed by atoms with E-state index < -0.39 is 0 Å². The highest BCUT2D eigenvalue weighted by molar-refractivity contribution is 5.77. The number of aryl methyl sites for hydroxylation is 1. The number of hydrogen-bond donors (Lipinski definition) is 2. The van der Waals surface area contributed by atoms with E-state index in [1.54, 1.807) is 0 Å². The van der Waals surface area contributed by atoms with Crippen molar-refractivity contribution in [2.75, 3.05) is 5.73 Å². The van der Waals surface area contributed by atoms with Crippen molar-refractivity contribution in [1.82, 2.24) is 0 Å². The summed E-state index contributed by atoms with van der Waals surface area (Å²) in [6, 6.07) is 13.8. The Morgan fingerprint density at radius 2 is 1.94 bits per heavy atom. The first-order chi connectivity index (χ1) is 7.70. The zero-order valence-corrected chi connectivity index (χ0v) is 9.27. The Bertz CT molecular complexity index is 506. The molecule has 0 spiro atoms. The number of anilines is 1. The first kappa shape index (κ1) is 10.7. The predicted octanol–water partition coefficient (Wildman–Crippen LogP) is 2.74. The number of nitrogens with two attached hydrogens (primary N) is 1. The minimum absolute atomic E-state index is 0.0551. The van der Waals surface area contributed by atoms with E-state index in [9.17, 15) is 0 Å². The molecule has 3 N–H and O–H groups in total. The van der Waals surface area contributed by atoms with Gasteiger partial charge in [-0.3, -0.25) is 0 Å². The summed E-state index contributed by atoms with van der Waals surface area (Å²) in [6.45, 7) is 2.10. The van der Waals surface area contributed by atoms with E-state index >= 15 is 0 Å². The Labute approximate surface area is 95.4 Å². The van der Waals surface area contributed by atoms with Crippen molar-refractivity contribution in [2.24, 2.45) is 0 Å². The molecule has 16 heavy (non-hydrogen) atoms. The number of aliphatic hydroxyl groups excluding tert-OH is 1. The maximum Gasteiger partial charge on any atom is 0.0682 e. The summed E-state index contributed by atoms with van der Waals surface area (Å²) in [5.41, 5.74) is 10.9. The monoisotopic (exact) mass is 213 g/mol. The molecule has 2 nitrogen and oxygen atoms in total. The largest absolute Gasteiger partial charge is 0.398 e. The van der Waals surface area contributed by atoms with Gasteiger partial charge >= 0.3 is 0 Å². The SMILES string of the molecule is Cc1ccc(N)c(-c2cccc(CO)c2)c1. The lowest BCUT2D eigenvalue weighted by Gasteiger charge is -2.08.